The number of rotatable bonds is 12. The molecule has 0 saturated carbocycles. The second-order valence-electron chi connectivity index (χ2n) is 12.8. The van der Waals surface area contributed by atoms with Crippen LogP contribution in [0, 0.1) is 5.82 Å². The van der Waals surface area contributed by atoms with Gasteiger partial charge in [0.15, 0.2) is 5.82 Å². The largest absolute Gasteiger partial charge is 0.444 e. The van der Waals surface area contributed by atoms with Crippen molar-refractivity contribution in [1.82, 2.24) is 25.1 Å². The summed E-state index contributed by atoms with van der Waals surface area (Å²) >= 11 is 0. The number of halogens is 4. The van der Waals surface area contributed by atoms with E-state index < -0.39 is 64.6 Å². The Morgan fingerprint density at radius 1 is 0.980 bits per heavy atom. The third kappa shape index (κ3) is 11.0. The highest BCUT2D eigenvalue weighted by Gasteiger charge is 2.36. The van der Waals surface area contributed by atoms with Crippen molar-refractivity contribution in [1.29, 1.82) is 0 Å². The number of nitrogens with zero attached hydrogens (tertiary/aromatic N) is 3. The van der Waals surface area contributed by atoms with E-state index in [0.717, 1.165) is 27.4 Å². The number of hydrogen-bond donors (Lipinski definition) is 3. The van der Waals surface area contributed by atoms with Crippen LogP contribution in [0.25, 0.3) is 0 Å². The van der Waals surface area contributed by atoms with Crippen LogP contribution in [0.3, 0.4) is 0 Å². The van der Waals surface area contributed by atoms with Crippen LogP contribution < -0.4 is 16.0 Å². The molecule has 1 heterocycles. The van der Waals surface area contributed by atoms with Gasteiger partial charge < -0.3 is 34.9 Å². The fourth-order valence-electron chi connectivity index (χ4n) is 4.35. The molecular weight excluding hydrogens is 652 g/mol. The standard InChI is InChI=1S/C33H40F4N6O6/c1-31(2,3)49-30(47)41-32(4,5)29(46)39-24(18-48-17-20-11-9-8-10-12-20)27(44)40-25-16-43(19-38-25)26(28(45)42(6)7)22-14-13-21(15-23(22)34)33(35,36)37/h8-16,19,24,26H,17-18H2,1-7H3,(H,39,46)(H,40,44)(H,41,47)/t24-,26?/m1/s1. The fourth-order valence-corrected chi connectivity index (χ4v) is 4.35. The SMILES string of the molecule is CN(C)C(=O)C(c1ccc(C(F)(F)F)cc1F)n1cnc(NC(=O)[C@@H](COCc2ccccc2)NC(=O)C(C)(C)NC(=O)OC(C)(C)C)c1. The first-order valence-electron chi connectivity index (χ1n) is 15.0. The summed E-state index contributed by atoms with van der Waals surface area (Å²) in [4.78, 5) is 57.5. The lowest BCUT2D eigenvalue weighted by Gasteiger charge is -2.29. The summed E-state index contributed by atoms with van der Waals surface area (Å²) < 4.78 is 66.6. The van der Waals surface area contributed by atoms with Crippen molar-refractivity contribution in [3.63, 3.8) is 0 Å². The van der Waals surface area contributed by atoms with Crippen LogP contribution in [-0.4, -0.2) is 76.1 Å². The van der Waals surface area contributed by atoms with Gasteiger partial charge in [-0.2, -0.15) is 13.2 Å². The van der Waals surface area contributed by atoms with Crippen LogP contribution in [0.2, 0.25) is 0 Å². The molecule has 16 heteroatoms. The molecule has 0 aliphatic rings. The van der Waals surface area contributed by atoms with E-state index in [2.05, 4.69) is 20.9 Å². The van der Waals surface area contributed by atoms with Crippen LogP contribution in [-0.2, 0) is 36.6 Å². The Morgan fingerprint density at radius 2 is 1.63 bits per heavy atom. The summed E-state index contributed by atoms with van der Waals surface area (Å²) in [6.07, 6.45) is -3.36. The van der Waals surface area contributed by atoms with E-state index >= 15 is 4.39 Å². The quantitative estimate of drug-likeness (QED) is 0.234. The second-order valence-corrected chi connectivity index (χ2v) is 12.8. The van der Waals surface area contributed by atoms with Crippen LogP contribution in [0.1, 0.15) is 57.4 Å². The summed E-state index contributed by atoms with van der Waals surface area (Å²) in [5.74, 6) is -3.62. The molecule has 12 nitrogen and oxygen atoms in total. The van der Waals surface area contributed by atoms with Crippen molar-refractivity contribution in [2.45, 2.75) is 70.6 Å². The Labute approximate surface area is 281 Å². The van der Waals surface area contributed by atoms with Gasteiger partial charge in [-0.05, 0) is 52.3 Å². The molecular formula is C33H40F4N6O6. The Bertz CT molecular complexity index is 1640. The van der Waals surface area contributed by atoms with E-state index in [4.69, 9.17) is 9.47 Å². The molecule has 2 atom stereocenters. The molecule has 49 heavy (non-hydrogen) atoms. The molecule has 0 aliphatic carbocycles. The third-order valence-corrected chi connectivity index (χ3v) is 6.85. The molecule has 0 bridgehead atoms. The number of benzene rings is 2. The highest BCUT2D eigenvalue weighted by molar-refractivity contribution is 5.98. The minimum absolute atomic E-state index is 0.0989. The fraction of sp³-hybridized carbons (Fsp3) is 0.424. The van der Waals surface area contributed by atoms with E-state index in [1.54, 1.807) is 45.0 Å². The Hall–Kier alpha value is -4.99. The van der Waals surface area contributed by atoms with Crippen molar-refractivity contribution in [3.8, 4) is 0 Å². The van der Waals surface area contributed by atoms with Crippen molar-refractivity contribution < 1.29 is 46.2 Å². The molecule has 3 aromatic rings. The number of nitrogens with one attached hydrogen (secondary N) is 3. The molecule has 266 valence electrons. The maximum Gasteiger partial charge on any atom is 0.416 e. The number of carbonyl (C=O) groups is 4. The minimum atomic E-state index is -4.80. The Balaban J connectivity index is 1.85. The van der Waals surface area contributed by atoms with Gasteiger partial charge in [-0.3, -0.25) is 14.4 Å². The first-order valence-corrected chi connectivity index (χ1v) is 15.0. The first-order chi connectivity index (χ1) is 22.7. The molecule has 0 spiro atoms. The predicted octanol–water partition coefficient (Wildman–Crippen LogP) is 4.66. The summed E-state index contributed by atoms with van der Waals surface area (Å²) in [6, 6.07) is 8.06. The number of ether oxygens (including phenoxy) is 2. The average molecular weight is 693 g/mol. The number of aromatic nitrogens is 2. The van der Waals surface area contributed by atoms with Gasteiger partial charge in [0.25, 0.3) is 5.91 Å². The number of carbonyl (C=O) groups excluding carboxylic acids is 4. The highest BCUT2D eigenvalue weighted by atomic mass is 19.4. The van der Waals surface area contributed by atoms with Crippen molar-refractivity contribution in [3.05, 3.63) is 83.6 Å². The van der Waals surface area contributed by atoms with Crippen molar-refractivity contribution in [2.75, 3.05) is 26.0 Å². The summed E-state index contributed by atoms with van der Waals surface area (Å²) in [7, 11) is 2.78. The van der Waals surface area contributed by atoms with Crippen molar-refractivity contribution in [2.24, 2.45) is 0 Å². The Kier molecular flexibility index (Phi) is 12.2. The molecule has 0 radical (unpaired) electrons. The molecule has 1 unspecified atom stereocenters. The number of imidazole rings is 1. The van der Waals surface area contributed by atoms with Crippen LogP contribution in [0.4, 0.5) is 28.2 Å². The van der Waals surface area contributed by atoms with Gasteiger partial charge in [-0.25, -0.2) is 14.2 Å². The molecule has 0 saturated heterocycles. The zero-order chi connectivity index (χ0) is 36.7. The van der Waals surface area contributed by atoms with Gasteiger partial charge in [0.2, 0.25) is 11.8 Å². The molecule has 0 fully saturated rings. The number of alkyl carbamates (subject to hydrolysis) is 1. The zero-order valence-corrected chi connectivity index (χ0v) is 28.1. The van der Waals surface area contributed by atoms with E-state index in [1.165, 1.54) is 34.1 Å². The van der Waals surface area contributed by atoms with E-state index in [0.29, 0.717) is 12.1 Å². The van der Waals surface area contributed by atoms with Gasteiger partial charge in [-0.15, -0.1) is 0 Å². The summed E-state index contributed by atoms with van der Waals surface area (Å²) in [6.45, 7) is 7.58. The van der Waals surface area contributed by atoms with Crippen molar-refractivity contribution >= 4 is 29.6 Å². The number of anilines is 1. The number of amides is 4. The number of alkyl halides is 3. The average Bonchev–Trinajstić information content (AvgIpc) is 3.43. The topological polar surface area (TPSA) is 144 Å². The van der Waals surface area contributed by atoms with Crippen LogP contribution >= 0.6 is 0 Å². The lowest BCUT2D eigenvalue weighted by molar-refractivity contribution is -0.137. The highest BCUT2D eigenvalue weighted by Crippen LogP contribution is 2.33. The molecule has 2 aromatic carbocycles. The zero-order valence-electron chi connectivity index (χ0n) is 28.1. The number of likely N-dealkylation sites (N-methyl/N-ethyl adjacent to an activating group) is 1. The molecule has 1 aromatic heterocycles. The third-order valence-electron chi connectivity index (χ3n) is 6.85. The van der Waals surface area contributed by atoms with Gasteiger partial charge in [-0.1, -0.05) is 36.4 Å². The molecule has 3 rings (SSSR count). The van der Waals surface area contributed by atoms with E-state index in [9.17, 15) is 32.3 Å². The number of hydrogen-bond acceptors (Lipinski definition) is 7. The molecule has 0 aliphatic heterocycles. The maximum atomic E-state index is 15.0. The molecule has 3 N–H and O–H groups in total. The minimum Gasteiger partial charge on any atom is -0.444 e. The molecule has 4 amide bonds. The van der Waals surface area contributed by atoms with Crippen LogP contribution in [0.15, 0.2) is 61.1 Å². The Morgan fingerprint density at radius 3 is 2.20 bits per heavy atom. The lowest BCUT2D eigenvalue weighted by Crippen LogP contribution is -2.59. The van der Waals surface area contributed by atoms with E-state index in [1.807, 2.05) is 6.07 Å². The first kappa shape index (κ1) is 38.5. The summed E-state index contributed by atoms with van der Waals surface area (Å²) in [5.41, 5.74) is -3.16. The van der Waals surface area contributed by atoms with Gasteiger partial charge in [0.1, 0.15) is 29.0 Å². The normalized spacial score (nSPS) is 13.2. The van der Waals surface area contributed by atoms with Gasteiger partial charge >= 0.3 is 12.3 Å². The van der Waals surface area contributed by atoms with Crippen LogP contribution in [0.5, 0.6) is 0 Å². The second kappa shape index (κ2) is 15.5. The summed E-state index contributed by atoms with van der Waals surface area (Å²) in [5, 5.41) is 7.54. The van der Waals surface area contributed by atoms with Gasteiger partial charge in [0.05, 0.1) is 25.1 Å². The maximum absolute atomic E-state index is 15.0. The lowest BCUT2D eigenvalue weighted by atomic mass is 10.0. The monoisotopic (exact) mass is 692 g/mol. The van der Waals surface area contributed by atoms with E-state index in [-0.39, 0.29) is 24.6 Å². The predicted molar refractivity (Wildman–Crippen MR) is 171 cm³/mol. The van der Waals surface area contributed by atoms with Gasteiger partial charge in [0, 0.05) is 25.9 Å². The smallest absolute Gasteiger partial charge is 0.416 e.